The van der Waals surface area contributed by atoms with Crippen LogP contribution in [0.1, 0.15) is 31.0 Å². The minimum absolute atomic E-state index is 0.159. The maximum atomic E-state index is 11.3. The molecule has 0 aliphatic heterocycles. The summed E-state index contributed by atoms with van der Waals surface area (Å²) in [4.78, 5) is 16.9. The van der Waals surface area contributed by atoms with Crippen molar-refractivity contribution in [2.45, 2.75) is 32.4 Å². The Bertz CT molecular complexity index is 772. The number of fused-ring (bicyclic) bond motifs is 1. The summed E-state index contributed by atoms with van der Waals surface area (Å²) in [5.74, 6) is 0. The second kappa shape index (κ2) is 5.87. The largest absolute Gasteiger partial charge is 0.323 e. The van der Waals surface area contributed by atoms with Gasteiger partial charge in [-0.25, -0.2) is 4.79 Å². The molecule has 1 aromatic carbocycles. The molecule has 0 saturated carbocycles. The van der Waals surface area contributed by atoms with E-state index in [0.717, 1.165) is 17.5 Å². The summed E-state index contributed by atoms with van der Waals surface area (Å²) in [6.07, 6.45) is 1.02. The normalized spacial score (nSPS) is 14.4. The molecule has 2 atom stereocenters. The van der Waals surface area contributed by atoms with Crippen LogP contribution in [0, 0.1) is 0 Å². The van der Waals surface area contributed by atoms with Gasteiger partial charge in [-0.3, -0.25) is 0 Å². The van der Waals surface area contributed by atoms with E-state index in [0.29, 0.717) is 6.04 Å². The first-order valence-electron chi connectivity index (χ1n) is 7.11. The Balaban J connectivity index is 1.70. The molecule has 0 amide bonds. The van der Waals surface area contributed by atoms with Gasteiger partial charge in [-0.05, 0) is 60.4 Å². The molecule has 110 valence electrons. The van der Waals surface area contributed by atoms with Gasteiger partial charge in [-0.2, -0.15) is 11.3 Å². The highest BCUT2D eigenvalue weighted by Gasteiger charge is 2.11. The maximum Gasteiger partial charge on any atom is 0.323 e. The molecule has 3 aromatic rings. The molecule has 0 bridgehead atoms. The molecule has 0 aliphatic carbocycles. The van der Waals surface area contributed by atoms with E-state index in [1.165, 1.54) is 11.1 Å². The summed E-state index contributed by atoms with van der Waals surface area (Å²) in [7, 11) is 0. The molecule has 0 saturated heterocycles. The smallest absolute Gasteiger partial charge is 0.307 e. The lowest BCUT2D eigenvalue weighted by Crippen LogP contribution is -2.30. The van der Waals surface area contributed by atoms with Crippen LogP contribution in [0.2, 0.25) is 0 Å². The van der Waals surface area contributed by atoms with Gasteiger partial charge >= 0.3 is 5.69 Å². The number of nitrogens with one attached hydrogen (secondary N) is 3. The molecule has 4 nitrogen and oxygen atoms in total. The SMILES string of the molecule is CC(Cc1ccsc1)NC(C)c1ccc2[nH]c(=O)[nH]c2c1. The topological polar surface area (TPSA) is 60.7 Å². The highest BCUT2D eigenvalue weighted by Crippen LogP contribution is 2.18. The summed E-state index contributed by atoms with van der Waals surface area (Å²) in [5, 5.41) is 7.91. The van der Waals surface area contributed by atoms with Crippen molar-refractivity contribution in [3.05, 3.63) is 56.6 Å². The van der Waals surface area contributed by atoms with Crippen molar-refractivity contribution in [3.63, 3.8) is 0 Å². The predicted molar refractivity (Wildman–Crippen MR) is 88.0 cm³/mol. The highest BCUT2D eigenvalue weighted by atomic mass is 32.1. The van der Waals surface area contributed by atoms with Gasteiger partial charge in [0, 0.05) is 12.1 Å². The van der Waals surface area contributed by atoms with E-state index in [9.17, 15) is 4.79 Å². The minimum Gasteiger partial charge on any atom is -0.307 e. The third kappa shape index (κ3) is 3.25. The molecular weight excluding hydrogens is 282 g/mol. The first-order chi connectivity index (χ1) is 10.1. The van der Waals surface area contributed by atoms with Crippen molar-refractivity contribution in [2.75, 3.05) is 0 Å². The van der Waals surface area contributed by atoms with Crippen LogP contribution < -0.4 is 11.0 Å². The Morgan fingerprint density at radius 2 is 2.00 bits per heavy atom. The molecule has 3 N–H and O–H groups in total. The molecule has 0 aliphatic rings. The van der Waals surface area contributed by atoms with Crippen LogP contribution in [0.5, 0.6) is 0 Å². The van der Waals surface area contributed by atoms with Crippen molar-refractivity contribution in [2.24, 2.45) is 0 Å². The third-order valence-electron chi connectivity index (χ3n) is 3.70. The highest BCUT2D eigenvalue weighted by molar-refractivity contribution is 7.07. The van der Waals surface area contributed by atoms with Gasteiger partial charge in [-0.1, -0.05) is 6.07 Å². The molecule has 0 fully saturated rings. The zero-order valence-electron chi connectivity index (χ0n) is 12.1. The van der Waals surface area contributed by atoms with Gasteiger partial charge in [0.1, 0.15) is 0 Å². The summed E-state index contributed by atoms with van der Waals surface area (Å²) >= 11 is 1.74. The lowest BCUT2D eigenvalue weighted by Gasteiger charge is -2.20. The van der Waals surface area contributed by atoms with Crippen LogP contribution in [0.15, 0.2) is 39.8 Å². The number of benzene rings is 1. The first-order valence-corrected chi connectivity index (χ1v) is 8.05. The van der Waals surface area contributed by atoms with Gasteiger partial charge in [-0.15, -0.1) is 0 Å². The van der Waals surface area contributed by atoms with Crippen LogP contribution in [-0.4, -0.2) is 16.0 Å². The van der Waals surface area contributed by atoms with Crippen molar-refractivity contribution in [1.82, 2.24) is 15.3 Å². The molecule has 0 spiro atoms. The van der Waals surface area contributed by atoms with Crippen LogP contribution in [-0.2, 0) is 6.42 Å². The average Bonchev–Trinajstić information content (AvgIpc) is 3.05. The Hall–Kier alpha value is -1.85. The average molecular weight is 301 g/mol. The number of imidazole rings is 1. The third-order valence-corrected chi connectivity index (χ3v) is 4.43. The second-order valence-corrected chi connectivity index (χ2v) is 6.29. The monoisotopic (exact) mass is 301 g/mol. The Labute approximate surface area is 127 Å². The van der Waals surface area contributed by atoms with Gasteiger partial charge in [0.15, 0.2) is 0 Å². The van der Waals surface area contributed by atoms with Gasteiger partial charge < -0.3 is 15.3 Å². The summed E-state index contributed by atoms with van der Waals surface area (Å²) in [5.41, 5.74) is 4.10. The number of rotatable bonds is 5. The second-order valence-electron chi connectivity index (χ2n) is 5.51. The molecule has 5 heteroatoms. The van der Waals surface area contributed by atoms with Gasteiger partial charge in [0.05, 0.1) is 11.0 Å². The number of aromatic amines is 2. The molecular formula is C16H19N3OS. The van der Waals surface area contributed by atoms with Gasteiger partial charge in [0.25, 0.3) is 0 Å². The van der Waals surface area contributed by atoms with Crippen molar-refractivity contribution in [3.8, 4) is 0 Å². The number of hydrogen-bond donors (Lipinski definition) is 3. The quantitative estimate of drug-likeness (QED) is 0.678. The van der Waals surface area contributed by atoms with E-state index in [-0.39, 0.29) is 11.7 Å². The number of H-pyrrole nitrogens is 2. The van der Waals surface area contributed by atoms with E-state index < -0.39 is 0 Å². The number of hydrogen-bond acceptors (Lipinski definition) is 3. The predicted octanol–water partition coefficient (Wildman–Crippen LogP) is 3.20. The van der Waals surface area contributed by atoms with E-state index in [1.54, 1.807) is 11.3 Å². The molecule has 3 rings (SSSR count). The zero-order chi connectivity index (χ0) is 14.8. The Morgan fingerprint density at radius 3 is 2.76 bits per heavy atom. The van der Waals surface area contributed by atoms with E-state index in [4.69, 9.17) is 0 Å². The summed E-state index contributed by atoms with van der Waals surface area (Å²) in [6, 6.07) is 8.84. The van der Waals surface area contributed by atoms with Crippen molar-refractivity contribution in [1.29, 1.82) is 0 Å². The maximum absolute atomic E-state index is 11.3. The summed E-state index contributed by atoms with van der Waals surface area (Å²) in [6.45, 7) is 4.35. The number of thiophene rings is 1. The van der Waals surface area contributed by atoms with Crippen LogP contribution >= 0.6 is 11.3 Å². The fourth-order valence-corrected chi connectivity index (χ4v) is 3.35. The minimum atomic E-state index is -0.159. The summed E-state index contributed by atoms with van der Waals surface area (Å²) < 4.78 is 0. The van der Waals surface area contributed by atoms with Crippen molar-refractivity contribution >= 4 is 22.4 Å². The van der Waals surface area contributed by atoms with Crippen molar-refractivity contribution < 1.29 is 0 Å². The van der Waals surface area contributed by atoms with Crippen LogP contribution in [0.4, 0.5) is 0 Å². The first kappa shape index (κ1) is 14.1. The van der Waals surface area contributed by atoms with Crippen LogP contribution in [0.3, 0.4) is 0 Å². The zero-order valence-corrected chi connectivity index (χ0v) is 13.0. The molecule has 0 radical (unpaired) electrons. The Kier molecular flexibility index (Phi) is 3.94. The fraction of sp³-hybridized carbons (Fsp3) is 0.312. The number of aromatic nitrogens is 2. The molecule has 2 aromatic heterocycles. The van der Waals surface area contributed by atoms with E-state index >= 15 is 0 Å². The Morgan fingerprint density at radius 1 is 1.19 bits per heavy atom. The van der Waals surface area contributed by atoms with Gasteiger partial charge in [0.2, 0.25) is 0 Å². The fourth-order valence-electron chi connectivity index (χ4n) is 2.66. The van der Waals surface area contributed by atoms with Crippen LogP contribution in [0.25, 0.3) is 11.0 Å². The molecule has 2 heterocycles. The van der Waals surface area contributed by atoms with E-state index in [1.807, 2.05) is 12.1 Å². The van der Waals surface area contributed by atoms with E-state index in [2.05, 4.69) is 52.0 Å². The molecule has 2 unspecified atom stereocenters. The lowest BCUT2D eigenvalue weighted by molar-refractivity contribution is 0.478. The standard InChI is InChI=1S/C16H19N3OS/c1-10(7-12-5-6-21-9-12)17-11(2)13-3-4-14-15(8-13)19-16(20)18-14/h3-6,8-11,17H,7H2,1-2H3,(H2,18,19,20). The lowest BCUT2D eigenvalue weighted by atomic mass is 10.0. The molecule has 21 heavy (non-hydrogen) atoms.